The van der Waals surface area contributed by atoms with Gasteiger partial charge in [-0.3, -0.25) is 4.79 Å². The second kappa shape index (κ2) is 9.52. The average molecular weight is 398 g/mol. The van der Waals surface area contributed by atoms with Gasteiger partial charge in [-0.15, -0.1) is 0 Å². The molecule has 1 N–H and O–H groups in total. The van der Waals surface area contributed by atoms with Crippen LogP contribution in [0.3, 0.4) is 0 Å². The Labute approximate surface area is 162 Å². The normalized spacial score (nSPS) is 17.3. The first-order valence-electron chi connectivity index (χ1n) is 9.46. The summed E-state index contributed by atoms with van der Waals surface area (Å²) in [7, 11) is -3.49. The zero-order valence-corrected chi connectivity index (χ0v) is 17.5. The summed E-state index contributed by atoms with van der Waals surface area (Å²) in [6.07, 6.45) is 2.73. The molecule has 1 aliphatic rings. The number of nitrogens with zero attached hydrogens (tertiary/aromatic N) is 2. The maximum absolute atomic E-state index is 12.5. The number of aryl methyl sites for hydroxylation is 1. The Morgan fingerprint density at radius 1 is 1.30 bits per heavy atom. The third-order valence-electron chi connectivity index (χ3n) is 4.83. The summed E-state index contributed by atoms with van der Waals surface area (Å²) < 4.78 is 30.8. The van der Waals surface area contributed by atoms with Crippen molar-refractivity contribution in [3.8, 4) is 0 Å². The number of carbonyl (C=O) groups excluding carboxylic acids is 1. The number of sulfonamides is 1. The highest BCUT2D eigenvalue weighted by Crippen LogP contribution is 2.23. The van der Waals surface area contributed by atoms with Crippen LogP contribution in [0.5, 0.6) is 0 Å². The van der Waals surface area contributed by atoms with Gasteiger partial charge in [0.15, 0.2) is 0 Å². The fourth-order valence-corrected chi connectivity index (χ4v) is 4.04. The molecule has 0 aromatic heterocycles. The minimum absolute atomic E-state index is 0.136. The first-order valence-corrected chi connectivity index (χ1v) is 11.3. The molecule has 7 nitrogen and oxygen atoms in total. The van der Waals surface area contributed by atoms with E-state index in [-0.39, 0.29) is 25.1 Å². The maximum Gasteiger partial charge on any atom is 0.239 e. The van der Waals surface area contributed by atoms with Gasteiger partial charge in [-0.2, -0.15) is 4.31 Å². The molecule has 1 unspecified atom stereocenters. The zero-order chi connectivity index (χ0) is 20.0. The number of nitrogens with one attached hydrogen (secondary N) is 1. The van der Waals surface area contributed by atoms with E-state index in [0.717, 1.165) is 43.4 Å². The van der Waals surface area contributed by atoms with Gasteiger partial charge in [-0.05, 0) is 57.4 Å². The molecule has 0 aliphatic carbocycles. The minimum Gasteiger partial charge on any atom is -0.377 e. The summed E-state index contributed by atoms with van der Waals surface area (Å²) in [5, 5.41) is 2.84. The van der Waals surface area contributed by atoms with Crippen LogP contribution in [0.4, 0.5) is 11.4 Å². The molecule has 1 aliphatic heterocycles. The van der Waals surface area contributed by atoms with Gasteiger partial charge < -0.3 is 15.0 Å². The first-order chi connectivity index (χ1) is 12.7. The molecule has 0 radical (unpaired) electrons. The summed E-state index contributed by atoms with van der Waals surface area (Å²) in [6, 6.07) is 5.87. The Morgan fingerprint density at radius 3 is 2.52 bits per heavy atom. The third-order valence-corrected chi connectivity index (χ3v) is 6.05. The number of benzene rings is 1. The fourth-order valence-electron chi connectivity index (χ4n) is 3.26. The topological polar surface area (TPSA) is 79.0 Å². The van der Waals surface area contributed by atoms with Crippen LogP contribution in [0.25, 0.3) is 0 Å². The van der Waals surface area contributed by atoms with Crippen LogP contribution in [0.2, 0.25) is 0 Å². The van der Waals surface area contributed by atoms with Crippen molar-refractivity contribution in [1.82, 2.24) is 4.31 Å². The number of hydrogen-bond donors (Lipinski definition) is 1. The Morgan fingerprint density at radius 2 is 2.00 bits per heavy atom. The molecular weight excluding hydrogens is 366 g/mol. The van der Waals surface area contributed by atoms with Crippen LogP contribution in [0.1, 0.15) is 32.3 Å². The summed E-state index contributed by atoms with van der Waals surface area (Å²) in [6.45, 7) is 8.60. The number of hydrogen-bond acceptors (Lipinski definition) is 5. The van der Waals surface area contributed by atoms with E-state index in [4.69, 9.17) is 4.74 Å². The second-order valence-electron chi connectivity index (χ2n) is 6.91. The number of amides is 1. The van der Waals surface area contributed by atoms with Gasteiger partial charge in [0.2, 0.25) is 15.9 Å². The Hall–Kier alpha value is -1.64. The summed E-state index contributed by atoms with van der Waals surface area (Å²) >= 11 is 0. The van der Waals surface area contributed by atoms with Gasteiger partial charge >= 0.3 is 0 Å². The molecular formula is C19H31N3O4S. The monoisotopic (exact) mass is 397 g/mol. The van der Waals surface area contributed by atoms with Crippen LogP contribution < -0.4 is 10.2 Å². The first kappa shape index (κ1) is 21.7. The van der Waals surface area contributed by atoms with Gasteiger partial charge in [0, 0.05) is 37.6 Å². The minimum atomic E-state index is -3.49. The van der Waals surface area contributed by atoms with E-state index in [2.05, 4.69) is 24.1 Å². The van der Waals surface area contributed by atoms with Gasteiger partial charge in [0.25, 0.3) is 0 Å². The summed E-state index contributed by atoms with van der Waals surface area (Å²) in [5.41, 5.74) is 2.74. The predicted octanol–water partition coefficient (Wildman–Crippen LogP) is 2.22. The molecule has 1 heterocycles. The van der Waals surface area contributed by atoms with Crippen molar-refractivity contribution in [2.75, 3.05) is 49.3 Å². The Bertz CT molecular complexity index is 741. The van der Waals surface area contributed by atoms with Gasteiger partial charge in [-0.1, -0.05) is 0 Å². The van der Waals surface area contributed by atoms with E-state index in [1.165, 1.54) is 4.31 Å². The van der Waals surface area contributed by atoms with E-state index >= 15 is 0 Å². The molecule has 8 heteroatoms. The molecule has 1 saturated heterocycles. The summed E-state index contributed by atoms with van der Waals surface area (Å²) in [4.78, 5) is 14.7. The Balaban J connectivity index is 2.04. The maximum atomic E-state index is 12.5. The lowest BCUT2D eigenvalue weighted by Gasteiger charge is -2.24. The van der Waals surface area contributed by atoms with Crippen LogP contribution in [-0.2, 0) is 19.6 Å². The lowest BCUT2D eigenvalue weighted by atomic mass is 10.1. The highest BCUT2D eigenvalue weighted by Gasteiger charge is 2.26. The third kappa shape index (κ3) is 6.19. The smallest absolute Gasteiger partial charge is 0.239 e. The lowest BCUT2D eigenvalue weighted by Crippen LogP contribution is -2.41. The number of ether oxygens (including phenoxy) is 1. The van der Waals surface area contributed by atoms with Crippen molar-refractivity contribution in [2.24, 2.45) is 0 Å². The fraction of sp³-hybridized carbons (Fsp3) is 0.632. The van der Waals surface area contributed by atoms with Crippen molar-refractivity contribution < 1.29 is 17.9 Å². The van der Waals surface area contributed by atoms with Crippen molar-refractivity contribution in [3.63, 3.8) is 0 Å². The predicted molar refractivity (Wildman–Crippen MR) is 109 cm³/mol. The highest BCUT2D eigenvalue weighted by atomic mass is 32.2. The van der Waals surface area contributed by atoms with Gasteiger partial charge in [0.05, 0.1) is 18.9 Å². The molecule has 1 aromatic carbocycles. The van der Waals surface area contributed by atoms with Crippen molar-refractivity contribution in [3.05, 3.63) is 23.8 Å². The van der Waals surface area contributed by atoms with Crippen LogP contribution in [0, 0.1) is 6.92 Å². The molecule has 1 aromatic rings. The molecule has 152 valence electrons. The summed E-state index contributed by atoms with van der Waals surface area (Å²) in [5.74, 6) is -0.350. The Kier molecular flexibility index (Phi) is 7.64. The number of carbonyl (C=O) groups is 1. The number of rotatable bonds is 9. The van der Waals surface area contributed by atoms with Crippen molar-refractivity contribution in [2.45, 2.75) is 39.7 Å². The molecule has 0 spiro atoms. The van der Waals surface area contributed by atoms with Crippen molar-refractivity contribution >= 4 is 27.3 Å². The lowest BCUT2D eigenvalue weighted by molar-refractivity contribution is -0.116. The largest absolute Gasteiger partial charge is 0.377 e. The van der Waals surface area contributed by atoms with Crippen molar-refractivity contribution in [1.29, 1.82) is 0 Å². The standard InChI is InChI=1S/C19H31N3O4S/c1-5-21(6-2)16-9-10-18(15(3)12-16)20-19(23)14-22(27(4,24)25)13-17-8-7-11-26-17/h9-10,12,17H,5-8,11,13-14H2,1-4H3,(H,20,23). The van der Waals surface area contributed by atoms with E-state index < -0.39 is 10.0 Å². The molecule has 0 saturated carbocycles. The molecule has 2 rings (SSSR count). The molecule has 1 amide bonds. The highest BCUT2D eigenvalue weighted by molar-refractivity contribution is 7.88. The second-order valence-corrected chi connectivity index (χ2v) is 8.89. The van der Waals surface area contributed by atoms with E-state index in [0.29, 0.717) is 12.3 Å². The average Bonchev–Trinajstić information content (AvgIpc) is 3.10. The molecule has 27 heavy (non-hydrogen) atoms. The van der Waals surface area contributed by atoms with Gasteiger partial charge in [-0.25, -0.2) is 8.42 Å². The zero-order valence-electron chi connectivity index (χ0n) is 16.7. The van der Waals surface area contributed by atoms with Crippen LogP contribution in [0.15, 0.2) is 18.2 Å². The van der Waals surface area contributed by atoms with Gasteiger partial charge in [0.1, 0.15) is 0 Å². The van der Waals surface area contributed by atoms with E-state index in [9.17, 15) is 13.2 Å². The quantitative estimate of drug-likeness (QED) is 0.691. The van der Waals surface area contributed by atoms with Crippen LogP contribution >= 0.6 is 0 Å². The van der Waals surface area contributed by atoms with E-state index in [1.54, 1.807) is 0 Å². The van der Waals surface area contributed by atoms with E-state index in [1.807, 2.05) is 25.1 Å². The van der Waals surface area contributed by atoms with Crippen LogP contribution in [-0.4, -0.2) is 63.8 Å². The molecule has 1 fully saturated rings. The molecule has 1 atom stereocenters. The SMILES string of the molecule is CCN(CC)c1ccc(NC(=O)CN(CC2CCCO2)S(C)(=O)=O)c(C)c1. The number of anilines is 2. The molecule has 0 bridgehead atoms.